The second kappa shape index (κ2) is 6.68. The molecule has 1 aromatic rings. The second-order valence-electron chi connectivity index (χ2n) is 3.49. The van der Waals surface area contributed by atoms with Crippen molar-refractivity contribution in [3.05, 3.63) is 9.47 Å². The molecular weight excluding hydrogens is 250 g/mol. The molecule has 0 amide bonds. The van der Waals surface area contributed by atoms with Crippen LogP contribution < -0.4 is 0 Å². The standard InChI is InChI=1S/C9H16ClN3S2/c1-7(4-5-14-3)13(2)6-8-11-12-9(10)15-8/h7H,4-6H2,1-3H3. The van der Waals surface area contributed by atoms with Crippen LogP contribution in [0.2, 0.25) is 4.47 Å². The van der Waals surface area contributed by atoms with Crippen LogP contribution in [0.1, 0.15) is 18.4 Å². The summed E-state index contributed by atoms with van der Waals surface area (Å²) in [6.45, 7) is 3.07. The van der Waals surface area contributed by atoms with Gasteiger partial charge in [0.2, 0.25) is 4.47 Å². The molecule has 0 N–H and O–H groups in total. The van der Waals surface area contributed by atoms with Crippen LogP contribution in [0.15, 0.2) is 0 Å². The molecule has 86 valence electrons. The third-order valence-electron chi connectivity index (χ3n) is 2.32. The number of rotatable bonds is 6. The van der Waals surface area contributed by atoms with Crippen molar-refractivity contribution in [2.45, 2.75) is 25.9 Å². The van der Waals surface area contributed by atoms with Crippen molar-refractivity contribution in [3.8, 4) is 0 Å². The highest BCUT2D eigenvalue weighted by Gasteiger charge is 2.11. The fraction of sp³-hybridized carbons (Fsp3) is 0.778. The molecule has 6 heteroatoms. The summed E-state index contributed by atoms with van der Waals surface area (Å²) in [6, 6.07) is 0.570. The first-order valence-corrected chi connectivity index (χ1v) is 7.39. The van der Waals surface area contributed by atoms with E-state index in [-0.39, 0.29) is 0 Å². The molecule has 0 saturated heterocycles. The van der Waals surface area contributed by atoms with Crippen molar-refractivity contribution in [2.75, 3.05) is 19.1 Å². The van der Waals surface area contributed by atoms with Gasteiger partial charge in [-0.25, -0.2) is 0 Å². The Bertz CT molecular complexity index is 293. The second-order valence-corrected chi connectivity index (χ2v) is 6.12. The summed E-state index contributed by atoms with van der Waals surface area (Å²) in [6.07, 6.45) is 3.33. The number of hydrogen-bond donors (Lipinski definition) is 0. The first-order chi connectivity index (χ1) is 7.13. The van der Waals surface area contributed by atoms with Gasteiger partial charge in [0.05, 0.1) is 6.54 Å². The Kier molecular flexibility index (Phi) is 5.89. The Morgan fingerprint density at radius 3 is 2.80 bits per heavy atom. The SMILES string of the molecule is CSCCC(C)N(C)Cc1nnc(Cl)s1. The molecule has 0 aliphatic heterocycles. The molecule has 0 saturated carbocycles. The Balaban J connectivity index is 2.37. The normalized spacial score (nSPS) is 13.4. The summed E-state index contributed by atoms with van der Waals surface area (Å²) in [4.78, 5) is 2.28. The van der Waals surface area contributed by atoms with Crippen LogP contribution in [0.3, 0.4) is 0 Å². The summed E-state index contributed by atoms with van der Waals surface area (Å²) in [7, 11) is 2.11. The molecule has 0 bridgehead atoms. The quantitative estimate of drug-likeness (QED) is 0.791. The van der Waals surface area contributed by atoms with E-state index in [1.54, 1.807) is 0 Å². The summed E-state index contributed by atoms with van der Waals surface area (Å²) in [5.41, 5.74) is 0. The van der Waals surface area contributed by atoms with Crippen molar-refractivity contribution in [1.82, 2.24) is 15.1 Å². The topological polar surface area (TPSA) is 29.0 Å². The van der Waals surface area contributed by atoms with Gasteiger partial charge in [0.25, 0.3) is 0 Å². The minimum Gasteiger partial charge on any atom is -0.297 e. The van der Waals surface area contributed by atoms with E-state index in [9.17, 15) is 0 Å². The van der Waals surface area contributed by atoms with Gasteiger partial charge in [-0.3, -0.25) is 4.90 Å². The van der Waals surface area contributed by atoms with Crippen molar-refractivity contribution in [2.24, 2.45) is 0 Å². The highest BCUT2D eigenvalue weighted by molar-refractivity contribution is 7.98. The molecule has 0 aromatic carbocycles. The minimum absolute atomic E-state index is 0.523. The average molecular weight is 266 g/mol. The highest BCUT2D eigenvalue weighted by atomic mass is 35.5. The lowest BCUT2D eigenvalue weighted by molar-refractivity contribution is 0.244. The van der Waals surface area contributed by atoms with Gasteiger partial charge in [0.1, 0.15) is 5.01 Å². The zero-order valence-corrected chi connectivity index (χ0v) is 11.6. The predicted octanol–water partition coefficient (Wildman–Crippen LogP) is 2.76. The number of nitrogens with zero attached hydrogens (tertiary/aromatic N) is 3. The van der Waals surface area contributed by atoms with Crippen LogP contribution in [0, 0.1) is 0 Å². The van der Waals surface area contributed by atoms with Crippen LogP contribution in [0.25, 0.3) is 0 Å². The Labute approximate surface area is 104 Å². The maximum atomic E-state index is 5.73. The fourth-order valence-corrected chi connectivity index (χ4v) is 2.68. The summed E-state index contributed by atoms with van der Waals surface area (Å²) in [5.74, 6) is 1.20. The van der Waals surface area contributed by atoms with E-state index in [2.05, 4.69) is 35.3 Å². The maximum absolute atomic E-state index is 5.73. The van der Waals surface area contributed by atoms with Crippen LogP contribution in [0.4, 0.5) is 0 Å². The third-order valence-corrected chi connectivity index (χ3v) is 3.97. The first-order valence-electron chi connectivity index (χ1n) is 4.80. The Hall–Kier alpha value is 0.160. The largest absolute Gasteiger partial charge is 0.297 e. The van der Waals surface area contributed by atoms with E-state index >= 15 is 0 Å². The zero-order valence-electron chi connectivity index (χ0n) is 9.23. The molecule has 0 radical (unpaired) electrons. The Morgan fingerprint density at radius 2 is 2.27 bits per heavy atom. The molecule has 0 spiro atoms. The summed E-state index contributed by atoms with van der Waals surface area (Å²) >= 11 is 9.07. The smallest absolute Gasteiger partial charge is 0.207 e. The van der Waals surface area contributed by atoms with E-state index in [1.807, 2.05) is 11.8 Å². The molecule has 0 aliphatic carbocycles. The van der Waals surface area contributed by atoms with Crippen LogP contribution >= 0.6 is 34.7 Å². The van der Waals surface area contributed by atoms with Crippen LogP contribution in [-0.4, -0.2) is 40.2 Å². The van der Waals surface area contributed by atoms with Gasteiger partial charge in [0, 0.05) is 6.04 Å². The summed E-state index contributed by atoms with van der Waals surface area (Å²) in [5, 5.41) is 8.79. The zero-order chi connectivity index (χ0) is 11.3. The fourth-order valence-electron chi connectivity index (χ4n) is 1.18. The van der Waals surface area contributed by atoms with Crippen molar-refractivity contribution < 1.29 is 0 Å². The molecular formula is C9H16ClN3S2. The first kappa shape index (κ1) is 13.2. The molecule has 0 fully saturated rings. The van der Waals surface area contributed by atoms with Crippen LogP contribution in [-0.2, 0) is 6.54 Å². The molecule has 1 heterocycles. The lowest BCUT2D eigenvalue weighted by Gasteiger charge is -2.22. The minimum atomic E-state index is 0.523. The van der Waals surface area contributed by atoms with Gasteiger partial charge in [0.15, 0.2) is 0 Å². The Morgan fingerprint density at radius 1 is 1.53 bits per heavy atom. The van der Waals surface area contributed by atoms with E-state index in [4.69, 9.17) is 11.6 Å². The number of halogens is 1. The van der Waals surface area contributed by atoms with Gasteiger partial charge in [-0.05, 0) is 44.0 Å². The van der Waals surface area contributed by atoms with E-state index in [0.717, 1.165) is 11.6 Å². The van der Waals surface area contributed by atoms with Crippen LogP contribution in [0.5, 0.6) is 0 Å². The molecule has 1 unspecified atom stereocenters. The van der Waals surface area contributed by atoms with Crippen molar-refractivity contribution in [3.63, 3.8) is 0 Å². The molecule has 1 rings (SSSR count). The highest BCUT2D eigenvalue weighted by Crippen LogP contribution is 2.17. The third kappa shape index (κ3) is 4.68. The maximum Gasteiger partial charge on any atom is 0.207 e. The average Bonchev–Trinajstić information content (AvgIpc) is 2.60. The summed E-state index contributed by atoms with van der Waals surface area (Å²) < 4.78 is 0.523. The molecule has 0 aliphatic rings. The lowest BCUT2D eigenvalue weighted by Crippen LogP contribution is -2.29. The van der Waals surface area contributed by atoms with Gasteiger partial charge in [-0.15, -0.1) is 10.2 Å². The van der Waals surface area contributed by atoms with Crippen molar-refractivity contribution in [1.29, 1.82) is 0 Å². The van der Waals surface area contributed by atoms with Gasteiger partial charge >= 0.3 is 0 Å². The van der Waals surface area contributed by atoms with Gasteiger partial charge in [-0.2, -0.15) is 11.8 Å². The molecule has 3 nitrogen and oxygen atoms in total. The van der Waals surface area contributed by atoms with E-state index < -0.39 is 0 Å². The van der Waals surface area contributed by atoms with E-state index in [1.165, 1.54) is 23.5 Å². The van der Waals surface area contributed by atoms with Gasteiger partial charge < -0.3 is 0 Å². The van der Waals surface area contributed by atoms with E-state index in [0.29, 0.717) is 10.5 Å². The number of hydrogen-bond acceptors (Lipinski definition) is 5. The lowest BCUT2D eigenvalue weighted by atomic mass is 10.2. The van der Waals surface area contributed by atoms with Crippen molar-refractivity contribution >= 4 is 34.7 Å². The predicted molar refractivity (Wildman–Crippen MR) is 68.8 cm³/mol. The number of aromatic nitrogens is 2. The monoisotopic (exact) mass is 265 g/mol. The molecule has 1 aromatic heterocycles. The van der Waals surface area contributed by atoms with Gasteiger partial charge in [-0.1, -0.05) is 11.3 Å². The molecule has 15 heavy (non-hydrogen) atoms. The molecule has 1 atom stereocenters. The number of thioether (sulfide) groups is 1.